The highest BCUT2D eigenvalue weighted by Crippen LogP contribution is 2.28. The lowest BCUT2D eigenvalue weighted by atomic mass is 9.95. The summed E-state index contributed by atoms with van der Waals surface area (Å²) >= 11 is 0. The molecule has 0 spiro atoms. The monoisotopic (exact) mass is 314 g/mol. The van der Waals surface area contributed by atoms with E-state index in [-0.39, 0.29) is 17.6 Å². The van der Waals surface area contributed by atoms with E-state index >= 15 is 0 Å². The molecule has 2 bridgehead atoms. The van der Waals surface area contributed by atoms with E-state index in [4.69, 9.17) is 0 Å². The Hall–Kier alpha value is -2.21. The molecule has 2 aromatic rings. The summed E-state index contributed by atoms with van der Waals surface area (Å²) in [6.07, 6.45) is 4.85. The lowest BCUT2D eigenvalue weighted by Crippen LogP contribution is -2.43. The summed E-state index contributed by atoms with van der Waals surface area (Å²) in [6, 6.07) is 7.49. The molecule has 4 rings (SSSR count). The smallest absolute Gasteiger partial charge is 0.268 e. The van der Waals surface area contributed by atoms with Crippen molar-refractivity contribution in [3.63, 3.8) is 0 Å². The van der Waals surface area contributed by atoms with E-state index in [0.29, 0.717) is 23.5 Å². The molecule has 3 atom stereocenters. The lowest BCUT2D eigenvalue weighted by molar-refractivity contribution is 0.0923. The molecule has 5 nitrogen and oxygen atoms in total. The summed E-state index contributed by atoms with van der Waals surface area (Å²) in [6.45, 7) is 0. The number of rotatable bonds is 3. The molecule has 2 fully saturated rings. The van der Waals surface area contributed by atoms with Gasteiger partial charge in [0.25, 0.3) is 5.91 Å². The molecule has 0 aliphatic carbocycles. The second-order valence-corrected chi connectivity index (χ2v) is 6.36. The van der Waals surface area contributed by atoms with Crippen LogP contribution in [0.5, 0.6) is 0 Å². The van der Waals surface area contributed by atoms with Gasteiger partial charge in [0.2, 0.25) is 0 Å². The topological polar surface area (TPSA) is 59.0 Å². The van der Waals surface area contributed by atoms with Crippen molar-refractivity contribution in [3.8, 4) is 11.4 Å². The quantitative estimate of drug-likeness (QED) is 0.909. The van der Waals surface area contributed by atoms with Crippen LogP contribution in [0.2, 0.25) is 0 Å². The van der Waals surface area contributed by atoms with Gasteiger partial charge < -0.3 is 15.2 Å². The predicted octanol–water partition coefficient (Wildman–Crippen LogP) is 1.85. The number of carbonyl (C=O) groups is 1. The van der Waals surface area contributed by atoms with Gasteiger partial charge in [-0.1, -0.05) is 0 Å². The third-order valence-corrected chi connectivity index (χ3v) is 4.97. The molecule has 0 radical (unpaired) electrons. The maximum atomic E-state index is 13.9. The Morgan fingerprint density at radius 1 is 1.39 bits per heavy atom. The average Bonchev–Trinajstić information content (AvgIpc) is 3.23. The molecule has 2 N–H and O–H groups in total. The standard InChI is InChI=1S/C17H19FN4O/c1-22-14(16-11(18)3-2-8-19-16)6-7-15(22)17(23)21-13-9-10-4-5-12(13)20-10/h2-3,6-8,10,12-13,20H,4-5,9H2,1H3,(H,21,23)/t10-,12+,13-/m1/s1. The van der Waals surface area contributed by atoms with Crippen LogP contribution in [0.25, 0.3) is 11.4 Å². The van der Waals surface area contributed by atoms with Crippen molar-refractivity contribution in [1.82, 2.24) is 20.2 Å². The van der Waals surface area contributed by atoms with Gasteiger partial charge in [0.05, 0.1) is 5.69 Å². The van der Waals surface area contributed by atoms with Gasteiger partial charge in [0.15, 0.2) is 5.82 Å². The molecular formula is C17H19FN4O. The zero-order chi connectivity index (χ0) is 16.0. The zero-order valence-corrected chi connectivity index (χ0v) is 12.9. The van der Waals surface area contributed by atoms with E-state index in [1.54, 1.807) is 36.0 Å². The van der Waals surface area contributed by atoms with Crippen LogP contribution in [0.15, 0.2) is 30.5 Å². The number of nitrogens with one attached hydrogen (secondary N) is 2. The average molecular weight is 314 g/mol. The fourth-order valence-electron chi connectivity index (χ4n) is 3.78. The van der Waals surface area contributed by atoms with E-state index in [1.165, 1.54) is 12.5 Å². The van der Waals surface area contributed by atoms with Crippen LogP contribution in [0, 0.1) is 5.82 Å². The molecule has 1 amide bonds. The first-order chi connectivity index (χ1) is 11.1. The summed E-state index contributed by atoms with van der Waals surface area (Å²) < 4.78 is 15.6. The number of fused-ring (bicyclic) bond motifs is 2. The van der Waals surface area contributed by atoms with Crippen LogP contribution < -0.4 is 10.6 Å². The Balaban J connectivity index is 1.56. The number of amides is 1. The third kappa shape index (κ3) is 2.43. The first-order valence-electron chi connectivity index (χ1n) is 7.97. The second kappa shape index (κ2) is 5.45. The minimum absolute atomic E-state index is 0.116. The van der Waals surface area contributed by atoms with Gasteiger partial charge in [-0.15, -0.1) is 0 Å². The summed E-state index contributed by atoms with van der Waals surface area (Å²) in [5.74, 6) is -0.507. The molecule has 2 aliphatic rings. The van der Waals surface area contributed by atoms with E-state index in [9.17, 15) is 9.18 Å². The van der Waals surface area contributed by atoms with Crippen molar-refractivity contribution in [2.24, 2.45) is 7.05 Å². The van der Waals surface area contributed by atoms with Crippen LogP contribution in [0.3, 0.4) is 0 Å². The molecule has 0 unspecified atom stereocenters. The van der Waals surface area contributed by atoms with Crippen LogP contribution in [-0.4, -0.2) is 33.6 Å². The van der Waals surface area contributed by atoms with Gasteiger partial charge in [0, 0.05) is 31.4 Å². The first kappa shape index (κ1) is 14.4. The van der Waals surface area contributed by atoms with Crippen LogP contribution in [0.4, 0.5) is 4.39 Å². The molecule has 2 aliphatic heterocycles. The number of aromatic nitrogens is 2. The number of halogens is 1. The molecule has 120 valence electrons. The van der Waals surface area contributed by atoms with E-state index in [2.05, 4.69) is 15.6 Å². The summed E-state index contributed by atoms with van der Waals surface area (Å²) in [7, 11) is 1.76. The van der Waals surface area contributed by atoms with Gasteiger partial charge in [-0.05, 0) is 43.5 Å². The van der Waals surface area contributed by atoms with Crippen molar-refractivity contribution in [1.29, 1.82) is 0 Å². The van der Waals surface area contributed by atoms with Crippen molar-refractivity contribution in [2.75, 3.05) is 0 Å². The fraction of sp³-hybridized carbons (Fsp3) is 0.412. The fourth-order valence-corrected chi connectivity index (χ4v) is 3.78. The molecule has 2 aromatic heterocycles. The molecule has 6 heteroatoms. The largest absolute Gasteiger partial charge is 0.346 e. The molecule has 4 heterocycles. The Morgan fingerprint density at radius 2 is 2.26 bits per heavy atom. The van der Waals surface area contributed by atoms with E-state index in [0.717, 1.165) is 12.8 Å². The van der Waals surface area contributed by atoms with Crippen molar-refractivity contribution < 1.29 is 9.18 Å². The summed E-state index contributed by atoms with van der Waals surface area (Å²) in [4.78, 5) is 16.6. The Morgan fingerprint density at radius 3 is 2.96 bits per heavy atom. The van der Waals surface area contributed by atoms with Gasteiger partial charge >= 0.3 is 0 Å². The van der Waals surface area contributed by atoms with Crippen LogP contribution in [0.1, 0.15) is 29.8 Å². The minimum Gasteiger partial charge on any atom is -0.346 e. The Labute approximate surface area is 133 Å². The van der Waals surface area contributed by atoms with Gasteiger partial charge in [-0.2, -0.15) is 0 Å². The molecular weight excluding hydrogens is 295 g/mol. The minimum atomic E-state index is -0.391. The summed E-state index contributed by atoms with van der Waals surface area (Å²) in [5, 5.41) is 6.62. The Bertz CT molecular complexity index is 757. The first-order valence-corrected chi connectivity index (χ1v) is 7.97. The van der Waals surface area contributed by atoms with E-state index < -0.39 is 5.82 Å². The molecule has 2 saturated heterocycles. The number of hydrogen-bond acceptors (Lipinski definition) is 3. The zero-order valence-electron chi connectivity index (χ0n) is 12.9. The predicted molar refractivity (Wildman–Crippen MR) is 84.4 cm³/mol. The normalized spacial score (nSPS) is 25.7. The third-order valence-electron chi connectivity index (χ3n) is 4.97. The van der Waals surface area contributed by atoms with Crippen LogP contribution in [-0.2, 0) is 7.05 Å². The van der Waals surface area contributed by atoms with Gasteiger partial charge in [0.1, 0.15) is 11.4 Å². The van der Waals surface area contributed by atoms with E-state index in [1.807, 2.05) is 0 Å². The maximum Gasteiger partial charge on any atom is 0.268 e. The SMILES string of the molecule is Cn1c(C(=O)N[C@@H]2C[C@H]3CC[C@@H]2N3)ccc1-c1ncccc1F. The van der Waals surface area contributed by atoms with Gasteiger partial charge in [-0.25, -0.2) is 4.39 Å². The second-order valence-electron chi connectivity index (χ2n) is 6.36. The summed E-state index contributed by atoms with van der Waals surface area (Å²) in [5.41, 5.74) is 1.38. The van der Waals surface area contributed by atoms with Crippen molar-refractivity contribution in [2.45, 2.75) is 37.4 Å². The van der Waals surface area contributed by atoms with Crippen molar-refractivity contribution >= 4 is 5.91 Å². The molecule has 0 saturated carbocycles. The number of hydrogen-bond donors (Lipinski definition) is 2. The number of nitrogens with zero attached hydrogens (tertiary/aromatic N) is 2. The highest BCUT2D eigenvalue weighted by molar-refractivity contribution is 5.94. The Kier molecular flexibility index (Phi) is 3.41. The molecule has 0 aromatic carbocycles. The highest BCUT2D eigenvalue weighted by atomic mass is 19.1. The number of carbonyl (C=O) groups excluding carboxylic acids is 1. The van der Waals surface area contributed by atoms with Crippen molar-refractivity contribution in [3.05, 3.63) is 42.0 Å². The van der Waals surface area contributed by atoms with Gasteiger partial charge in [-0.3, -0.25) is 9.78 Å². The number of pyridine rings is 1. The highest BCUT2D eigenvalue weighted by Gasteiger charge is 2.39. The maximum absolute atomic E-state index is 13.9. The lowest BCUT2D eigenvalue weighted by Gasteiger charge is -2.21. The van der Waals surface area contributed by atoms with Crippen LogP contribution >= 0.6 is 0 Å². The molecule has 23 heavy (non-hydrogen) atoms.